The fourth-order valence-electron chi connectivity index (χ4n) is 1.86. The van der Waals surface area contributed by atoms with E-state index >= 15 is 0 Å². The lowest BCUT2D eigenvalue weighted by Crippen LogP contribution is -2.39. The van der Waals surface area contributed by atoms with Gasteiger partial charge in [0.05, 0.1) is 19.6 Å². The zero-order chi connectivity index (χ0) is 15.8. The average molecular weight is 290 g/mol. The van der Waals surface area contributed by atoms with E-state index in [0.29, 0.717) is 12.1 Å². The lowest BCUT2D eigenvalue weighted by Gasteiger charge is -2.17. The third-order valence-corrected chi connectivity index (χ3v) is 3.09. The number of ketones is 1. The molecule has 5 nitrogen and oxygen atoms in total. The van der Waals surface area contributed by atoms with Crippen molar-refractivity contribution in [3.63, 3.8) is 0 Å². The zero-order valence-corrected chi connectivity index (χ0v) is 12.8. The van der Waals surface area contributed by atoms with Gasteiger partial charge < -0.3 is 15.0 Å². The van der Waals surface area contributed by atoms with E-state index in [1.807, 2.05) is 31.1 Å². The van der Waals surface area contributed by atoms with Gasteiger partial charge in [-0.2, -0.15) is 0 Å². The summed E-state index contributed by atoms with van der Waals surface area (Å²) >= 11 is 0. The Morgan fingerprint density at radius 2 is 1.95 bits per heavy atom. The van der Waals surface area contributed by atoms with Crippen molar-refractivity contribution in [1.82, 2.24) is 5.32 Å². The van der Waals surface area contributed by atoms with Gasteiger partial charge in [-0.1, -0.05) is 6.08 Å². The molecule has 0 aliphatic rings. The minimum Gasteiger partial charge on any atom is -0.469 e. The maximum atomic E-state index is 12.5. The molecule has 0 saturated heterocycles. The SMILES string of the molecule is C=CCNC(CC(=O)OC)C(=O)c1ccc(N(C)C)cc1. The van der Waals surface area contributed by atoms with E-state index in [9.17, 15) is 9.59 Å². The molecule has 0 radical (unpaired) electrons. The molecule has 1 aromatic carbocycles. The third-order valence-electron chi connectivity index (χ3n) is 3.09. The second kappa shape index (κ2) is 8.21. The number of carbonyl (C=O) groups is 2. The highest BCUT2D eigenvalue weighted by molar-refractivity contribution is 6.02. The molecule has 0 bridgehead atoms. The van der Waals surface area contributed by atoms with Crippen LogP contribution < -0.4 is 10.2 Å². The number of Topliss-reactive ketones (excluding diaryl/α,β-unsaturated/α-hetero) is 1. The Morgan fingerprint density at radius 3 is 2.43 bits per heavy atom. The summed E-state index contributed by atoms with van der Waals surface area (Å²) in [6, 6.07) is 6.65. The number of benzene rings is 1. The van der Waals surface area contributed by atoms with E-state index < -0.39 is 12.0 Å². The van der Waals surface area contributed by atoms with Crippen molar-refractivity contribution in [2.24, 2.45) is 0 Å². The number of rotatable bonds is 8. The van der Waals surface area contributed by atoms with Crippen LogP contribution in [0.3, 0.4) is 0 Å². The summed E-state index contributed by atoms with van der Waals surface area (Å²) in [7, 11) is 5.17. The molecule has 0 fully saturated rings. The lowest BCUT2D eigenvalue weighted by atomic mass is 10.0. The topological polar surface area (TPSA) is 58.6 Å². The number of hydrogen-bond acceptors (Lipinski definition) is 5. The Balaban J connectivity index is 2.87. The van der Waals surface area contributed by atoms with E-state index in [0.717, 1.165) is 5.69 Å². The van der Waals surface area contributed by atoms with Crippen LogP contribution >= 0.6 is 0 Å². The van der Waals surface area contributed by atoms with Crippen molar-refractivity contribution in [1.29, 1.82) is 0 Å². The van der Waals surface area contributed by atoms with Crippen LogP contribution in [-0.2, 0) is 9.53 Å². The second-order valence-electron chi connectivity index (χ2n) is 4.84. The molecule has 21 heavy (non-hydrogen) atoms. The minimum atomic E-state index is -0.611. The van der Waals surface area contributed by atoms with Crippen LogP contribution in [-0.4, -0.2) is 45.5 Å². The maximum Gasteiger partial charge on any atom is 0.307 e. The van der Waals surface area contributed by atoms with Gasteiger partial charge in [0, 0.05) is 31.9 Å². The first kappa shape index (κ1) is 16.9. The summed E-state index contributed by atoms with van der Waals surface area (Å²) in [5.74, 6) is -0.553. The highest BCUT2D eigenvalue weighted by Gasteiger charge is 2.22. The molecule has 1 aromatic rings. The Hall–Kier alpha value is -2.14. The van der Waals surface area contributed by atoms with Crippen molar-refractivity contribution in [2.75, 3.05) is 32.6 Å². The molecule has 0 amide bonds. The van der Waals surface area contributed by atoms with Crippen LogP contribution in [0, 0.1) is 0 Å². The predicted octanol–water partition coefficient (Wildman–Crippen LogP) is 1.64. The van der Waals surface area contributed by atoms with Gasteiger partial charge in [0.15, 0.2) is 5.78 Å². The maximum absolute atomic E-state index is 12.5. The van der Waals surface area contributed by atoms with Gasteiger partial charge in [0.1, 0.15) is 0 Å². The largest absolute Gasteiger partial charge is 0.469 e. The normalized spacial score (nSPS) is 11.6. The molecule has 1 atom stereocenters. The molecule has 0 spiro atoms. The average Bonchev–Trinajstić information content (AvgIpc) is 2.50. The summed E-state index contributed by atoms with van der Waals surface area (Å²) < 4.78 is 4.63. The molecule has 1 N–H and O–H groups in total. The molecule has 114 valence electrons. The second-order valence-corrected chi connectivity index (χ2v) is 4.84. The van der Waals surface area contributed by atoms with Gasteiger partial charge in [0.2, 0.25) is 0 Å². The minimum absolute atomic E-state index is 0.00138. The Bertz CT molecular complexity index is 495. The number of carbonyl (C=O) groups excluding carboxylic acids is 2. The van der Waals surface area contributed by atoms with Gasteiger partial charge in [-0.25, -0.2) is 0 Å². The number of nitrogens with one attached hydrogen (secondary N) is 1. The molecule has 0 aliphatic heterocycles. The highest BCUT2D eigenvalue weighted by Crippen LogP contribution is 2.14. The molecule has 1 unspecified atom stereocenters. The number of ether oxygens (including phenoxy) is 1. The Labute approximate surface area is 125 Å². The van der Waals surface area contributed by atoms with Crippen LogP contribution in [0.15, 0.2) is 36.9 Å². The molecule has 0 saturated carbocycles. The van der Waals surface area contributed by atoms with Crippen LogP contribution in [0.1, 0.15) is 16.8 Å². The summed E-state index contributed by atoms with van der Waals surface area (Å²) in [6.07, 6.45) is 1.64. The number of methoxy groups -OCH3 is 1. The molecular formula is C16H22N2O3. The summed E-state index contributed by atoms with van der Waals surface area (Å²) in [6.45, 7) is 4.05. The van der Waals surface area contributed by atoms with E-state index in [2.05, 4.69) is 16.6 Å². The van der Waals surface area contributed by atoms with Crippen molar-refractivity contribution in [3.8, 4) is 0 Å². The van der Waals surface area contributed by atoms with Gasteiger partial charge in [-0.05, 0) is 24.3 Å². The monoisotopic (exact) mass is 290 g/mol. The Morgan fingerprint density at radius 1 is 1.33 bits per heavy atom. The lowest BCUT2D eigenvalue weighted by molar-refractivity contribution is -0.140. The van der Waals surface area contributed by atoms with E-state index in [4.69, 9.17) is 0 Å². The summed E-state index contributed by atoms with van der Waals surface area (Å²) in [5, 5.41) is 2.99. The van der Waals surface area contributed by atoms with Gasteiger partial charge in [-0.3, -0.25) is 9.59 Å². The smallest absolute Gasteiger partial charge is 0.307 e. The van der Waals surface area contributed by atoms with Crippen LogP contribution in [0.25, 0.3) is 0 Å². The molecule has 1 rings (SSSR count). The van der Waals surface area contributed by atoms with E-state index in [1.54, 1.807) is 18.2 Å². The molecule has 0 aromatic heterocycles. The van der Waals surface area contributed by atoms with Gasteiger partial charge >= 0.3 is 5.97 Å². The van der Waals surface area contributed by atoms with E-state index in [-0.39, 0.29) is 12.2 Å². The highest BCUT2D eigenvalue weighted by atomic mass is 16.5. The number of anilines is 1. The number of esters is 1. The Kier molecular flexibility index (Phi) is 6.62. The van der Waals surface area contributed by atoms with Crippen molar-refractivity contribution < 1.29 is 14.3 Å². The van der Waals surface area contributed by atoms with Crippen molar-refractivity contribution in [3.05, 3.63) is 42.5 Å². The summed E-state index contributed by atoms with van der Waals surface area (Å²) in [5.41, 5.74) is 1.57. The molecule has 0 aliphatic carbocycles. The fourth-order valence-corrected chi connectivity index (χ4v) is 1.86. The standard InChI is InChI=1S/C16H22N2O3/c1-5-10-17-14(11-15(19)21-4)16(20)12-6-8-13(9-7-12)18(2)3/h5-9,14,17H,1,10-11H2,2-4H3. The third kappa shape index (κ3) is 5.04. The number of hydrogen-bond donors (Lipinski definition) is 1. The molecular weight excluding hydrogens is 268 g/mol. The van der Waals surface area contributed by atoms with Gasteiger partial charge in [0.25, 0.3) is 0 Å². The zero-order valence-electron chi connectivity index (χ0n) is 12.8. The van der Waals surface area contributed by atoms with Crippen molar-refractivity contribution >= 4 is 17.4 Å². The quantitative estimate of drug-likeness (QED) is 0.448. The molecule has 5 heteroatoms. The first-order valence-corrected chi connectivity index (χ1v) is 6.72. The fraction of sp³-hybridized carbons (Fsp3) is 0.375. The summed E-state index contributed by atoms with van der Waals surface area (Å²) in [4.78, 5) is 25.8. The van der Waals surface area contributed by atoms with Crippen molar-refractivity contribution in [2.45, 2.75) is 12.5 Å². The molecule has 0 heterocycles. The van der Waals surface area contributed by atoms with Gasteiger partial charge in [-0.15, -0.1) is 6.58 Å². The number of nitrogens with zero attached hydrogens (tertiary/aromatic N) is 1. The first-order chi connectivity index (χ1) is 9.99. The van der Waals surface area contributed by atoms with Crippen LogP contribution in [0.5, 0.6) is 0 Å². The van der Waals surface area contributed by atoms with Crippen LogP contribution in [0.4, 0.5) is 5.69 Å². The van der Waals surface area contributed by atoms with E-state index in [1.165, 1.54) is 7.11 Å². The van der Waals surface area contributed by atoms with Crippen LogP contribution in [0.2, 0.25) is 0 Å². The first-order valence-electron chi connectivity index (χ1n) is 6.72. The predicted molar refractivity (Wildman–Crippen MR) is 83.7 cm³/mol.